The molecule has 2 N–H and O–H groups in total. The molecule has 0 radical (unpaired) electrons. The van der Waals surface area contributed by atoms with Gasteiger partial charge in [0.05, 0.1) is 0 Å². The second kappa shape index (κ2) is 2.44. The van der Waals surface area contributed by atoms with Gasteiger partial charge in [-0.3, -0.25) is 4.79 Å². The Labute approximate surface area is 64.5 Å². The summed E-state index contributed by atoms with van der Waals surface area (Å²) >= 11 is 0. The summed E-state index contributed by atoms with van der Waals surface area (Å²) in [4.78, 5) is 10.5. The molecular formula is C6H11N3O2. The summed E-state index contributed by atoms with van der Waals surface area (Å²) in [5, 5.41) is 12.6. The minimum atomic E-state index is -0.764. The van der Waals surface area contributed by atoms with Gasteiger partial charge >= 0.3 is 5.97 Å². The van der Waals surface area contributed by atoms with Crippen LogP contribution in [0.5, 0.6) is 0 Å². The van der Waals surface area contributed by atoms with Gasteiger partial charge in [-0.25, -0.2) is 10.4 Å². The Balaban J connectivity index is 1.99. The fourth-order valence-electron chi connectivity index (χ4n) is 1.57. The van der Waals surface area contributed by atoms with Crippen LogP contribution in [0.1, 0.15) is 6.42 Å². The zero-order valence-corrected chi connectivity index (χ0v) is 6.16. The number of rotatable bonds is 1. The van der Waals surface area contributed by atoms with Crippen LogP contribution in [0.4, 0.5) is 0 Å². The van der Waals surface area contributed by atoms with Gasteiger partial charge < -0.3 is 5.11 Å². The van der Waals surface area contributed by atoms with E-state index in [1.54, 1.807) is 0 Å². The average Bonchev–Trinajstić information content (AvgIpc) is 2.40. The molecule has 2 aliphatic rings. The molecule has 0 aromatic heterocycles. The van der Waals surface area contributed by atoms with Crippen molar-refractivity contribution in [2.24, 2.45) is 0 Å². The highest BCUT2D eigenvalue weighted by molar-refractivity contribution is 5.73. The topological polar surface area (TPSA) is 55.8 Å². The molecule has 2 fully saturated rings. The van der Waals surface area contributed by atoms with E-state index in [1.807, 2.05) is 10.1 Å². The number of aliphatic carboxylic acids is 1. The highest BCUT2D eigenvalue weighted by Gasteiger charge is 2.36. The summed E-state index contributed by atoms with van der Waals surface area (Å²) in [6.45, 7) is 2.52. The first-order valence-electron chi connectivity index (χ1n) is 3.79. The molecule has 5 heteroatoms. The standard InChI is InChI=1S/C6H11N3O2/c10-6(11)5-4-8-2-1-3-9(8)7-5/h5,7H,1-4H2,(H,10,11). The van der Waals surface area contributed by atoms with Crippen LogP contribution in [0, 0.1) is 0 Å². The molecule has 1 unspecified atom stereocenters. The molecule has 0 aromatic carbocycles. The highest BCUT2D eigenvalue weighted by atomic mass is 16.4. The number of hydrazine groups is 2. The minimum Gasteiger partial charge on any atom is -0.480 e. The summed E-state index contributed by atoms with van der Waals surface area (Å²) in [6, 6.07) is -0.407. The van der Waals surface area contributed by atoms with E-state index in [0.717, 1.165) is 19.5 Å². The lowest BCUT2D eigenvalue weighted by Crippen LogP contribution is -2.40. The third-order valence-electron chi connectivity index (χ3n) is 2.12. The number of carbonyl (C=O) groups is 1. The number of nitrogens with zero attached hydrogens (tertiary/aromatic N) is 2. The van der Waals surface area contributed by atoms with E-state index in [9.17, 15) is 4.79 Å². The van der Waals surface area contributed by atoms with E-state index < -0.39 is 12.0 Å². The zero-order valence-electron chi connectivity index (χ0n) is 6.16. The maximum Gasteiger partial charge on any atom is 0.323 e. The molecular weight excluding hydrogens is 146 g/mol. The van der Waals surface area contributed by atoms with Crippen molar-refractivity contribution >= 4 is 5.97 Å². The molecule has 0 aromatic rings. The summed E-state index contributed by atoms with van der Waals surface area (Å²) in [5.74, 6) is -0.764. The van der Waals surface area contributed by atoms with Gasteiger partial charge in [0.2, 0.25) is 0 Å². The lowest BCUT2D eigenvalue weighted by Gasteiger charge is -2.15. The van der Waals surface area contributed by atoms with Crippen LogP contribution in [0.25, 0.3) is 0 Å². The number of carboxylic acids is 1. The first kappa shape index (κ1) is 7.02. The Hall–Kier alpha value is -0.650. The second-order valence-electron chi connectivity index (χ2n) is 2.91. The highest BCUT2D eigenvalue weighted by Crippen LogP contribution is 2.14. The maximum atomic E-state index is 10.5. The molecule has 0 bridgehead atoms. The predicted molar refractivity (Wildman–Crippen MR) is 37.5 cm³/mol. The van der Waals surface area contributed by atoms with Crippen LogP contribution in [-0.4, -0.2) is 46.9 Å². The second-order valence-corrected chi connectivity index (χ2v) is 2.91. The van der Waals surface area contributed by atoms with Crippen LogP contribution in [0.2, 0.25) is 0 Å². The smallest absolute Gasteiger partial charge is 0.323 e. The van der Waals surface area contributed by atoms with Gasteiger partial charge in [0.25, 0.3) is 0 Å². The monoisotopic (exact) mass is 157 g/mol. The molecule has 2 rings (SSSR count). The van der Waals surface area contributed by atoms with Gasteiger partial charge in [-0.2, -0.15) is 5.12 Å². The Morgan fingerprint density at radius 3 is 3.00 bits per heavy atom. The van der Waals surface area contributed by atoms with E-state index >= 15 is 0 Å². The summed E-state index contributed by atoms with van der Waals surface area (Å²) < 4.78 is 0. The van der Waals surface area contributed by atoms with Crippen molar-refractivity contribution in [3.05, 3.63) is 0 Å². The predicted octanol–water partition coefficient (Wildman–Crippen LogP) is -1.12. The Kier molecular flexibility index (Phi) is 1.56. The average molecular weight is 157 g/mol. The number of carboxylic acid groups (broad SMARTS) is 1. The molecule has 0 saturated carbocycles. The van der Waals surface area contributed by atoms with Gasteiger partial charge in [-0.05, 0) is 6.42 Å². The van der Waals surface area contributed by atoms with E-state index in [2.05, 4.69) is 5.43 Å². The summed E-state index contributed by atoms with van der Waals surface area (Å²) in [6.07, 6.45) is 1.12. The zero-order chi connectivity index (χ0) is 7.84. The molecule has 11 heavy (non-hydrogen) atoms. The molecule has 0 amide bonds. The van der Waals surface area contributed by atoms with E-state index in [1.165, 1.54) is 0 Å². The van der Waals surface area contributed by atoms with Gasteiger partial charge in [0.15, 0.2) is 0 Å². The van der Waals surface area contributed by atoms with Crippen molar-refractivity contribution < 1.29 is 9.90 Å². The molecule has 0 aliphatic carbocycles. The largest absolute Gasteiger partial charge is 0.480 e. The van der Waals surface area contributed by atoms with Gasteiger partial charge in [-0.15, -0.1) is 0 Å². The van der Waals surface area contributed by atoms with Crippen molar-refractivity contribution in [2.75, 3.05) is 19.6 Å². The van der Waals surface area contributed by atoms with Crippen molar-refractivity contribution in [3.63, 3.8) is 0 Å². The molecule has 0 spiro atoms. The molecule has 1 atom stereocenters. The SMILES string of the molecule is O=C(O)C1CN2CCCN2N1. The minimum absolute atomic E-state index is 0.407. The number of fused-ring (bicyclic) bond motifs is 1. The lowest BCUT2D eigenvalue weighted by atomic mass is 10.3. The first-order chi connectivity index (χ1) is 5.27. The number of nitrogens with one attached hydrogen (secondary N) is 1. The molecule has 2 saturated heterocycles. The first-order valence-corrected chi connectivity index (χ1v) is 3.79. The third-order valence-corrected chi connectivity index (χ3v) is 2.12. The van der Waals surface area contributed by atoms with Crippen LogP contribution in [-0.2, 0) is 4.79 Å². The van der Waals surface area contributed by atoms with Crippen LogP contribution >= 0.6 is 0 Å². The normalized spacial score (nSPS) is 32.5. The quantitative estimate of drug-likeness (QED) is 0.505. The fraction of sp³-hybridized carbons (Fsp3) is 0.833. The van der Waals surface area contributed by atoms with Gasteiger partial charge in [-0.1, -0.05) is 0 Å². The number of hydrogen-bond donors (Lipinski definition) is 2. The van der Waals surface area contributed by atoms with Gasteiger partial charge in [0.1, 0.15) is 6.04 Å². The number of hydrogen-bond acceptors (Lipinski definition) is 4. The Morgan fingerprint density at radius 1 is 1.55 bits per heavy atom. The van der Waals surface area contributed by atoms with Crippen LogP contribution in [0.3, 0.4) is 0 Å². The Bertz CT molecular complexity index is 173. The Morgan fingerprint density at radius 2 is 2.36 bits per heavy atom. The third kappa shape index (κ3) is 1.11. The van der Waals surface area contributed by atoms with E-state index in [0.29, 0.717) is 6.54 Å². The van der Waals surface area contributed by atoms with Crippen LogP contribution in [0.15, 0.2) is 0 Å². The van der Waals surface area contributed by atoms with Crippen molar-refractivity contribution in [2.45, 2.75) is 12.5 Å². The summed E-state index contributed by atoms with van der Waals surface area (Å²) in [5.41, 5.74) is 2.91. The van der Waals surface area contributed by atoms with Crippen LogP contribution < -0.4 is 5.43 Å². The molecule has 62 valence electrons. The van der Waals surface area contributed by atoms with Crippen molar-refractivity contribution in [1.82, 2.24) is 15.6 Å². The lowest BCUT2D eigenvalue weighted by molar-refractivity contribution is -0.139. The van der Waals surface area contributed by atoms with E-state index in [4.69, 9.17) is 5.11 Å². The fourth-order valence-corrected chi connectivity index (χ4v) is 1.57. The molecule has 2 aliphatic heterocycles. The van der Waals surface area contributed by atoms with E-state index in [-0.39, 0.29) is 0 Å². The molecule has 5 nitrogen and oxygen atoms in total. The maximum absolute atomic E-state index is 10.5. The van der Waals surface area contributed by atoms with Gasteiger partial charge in [0, 0.05) is 19.6 Å². The molecule has 2 heterocycles. The summed E-state index contributed by atoms with van der Waals surface area (Å²) in [7, 11) is 0. The van der Waals surface area contributed by atoms with Crippen molar-refractivity contribution in [1.29, 1.82) is 0 Å². The van der Waals surface area contributed by atoms with Crippen molar-refractivity contribution in [3.8, 4) is 0 Å².